The highest BCUT2D eigenvalue weighted by Gasteiger charge is 2.07. The van der Waals surface area contributed by atoms with Gasteiger partial charge in [-0.2, -0.15) is 0 Å². The fourth-order valence-corrected chi connectivity index (χ4v) is 0.863. The van der Waals surface area contributed by atoms with Crippen LogP contribution < -0.4 is 0 Å². The van der Waals surface area contributed by atoms with Crippen molar-refractivity contribution in [2.45, 2.75) is 13.3 Å². The van der Waals surface area contributed by atoms with Crippen molar-refractivity contribution in [1.29, 1.82) is 0 Å². The summed E-state index contributed by atoms with van der Waals surface area (Å²) in [6.07, 6.45) is 0.911. The smallest absolute Gasteiger partial charge is 0.253 e. The zero-order chi connectivity index (χ0) is 8.81. The van der Waals surface area contributed by atoms with Gasteiger partial charge in [0, 0.05) is 5.56 Å². The minimum atomic E-state index is 0.0115. The van der Waals surface area contributed by atoms with Gasteiger partial charge in [-0.1, -0.05) is 37.3 Å². The fraction of sp³-hybridized carbons (Fsp3) is 0.300. The Morgan fingerprint density at radius 1 is 1.33 bits per heavy atom. The number of hydrogen-bond acceptors (Lipinski definition) is 2. The Balaban J connectivity index is 2.48. The molecule has 1 rings (SSSR count). The fourth-order valence-electron chi connectivity index (χ4n) is 0.863. The van der Waals surface area contributed by atoms with E-state index in [0.717, 1.165) is 12.0 Å². The largest absolute Gasteiger partial charge is 0.357 e. The molecule has 0 fully saturated rings. The van der Waals surface area contributed by atoms with Gasteiger partial charge in [0.25, 0.3) is 6.29 Å². The van der Waals surface area contributed by atoms with Crippen molar-refractivity contribution in [2.24, 2.45) is 0 Å². The summed E-state index contributed by atoms with van der Waals surface area (Å²) in [5.74, 6) is 0. The van der Waals surface area contributed by atoms with Crippen LogP contribution in [0, 0.1) is 6.29 Å². The number of rotatable bonds is 4. The molecule has 1 aromatic rings. The third-order valence-corrected chi connectivity index (χ3v) is 1.46. The van der Waals surface area contributed by atoms with Crippen LogP contribution in [-0.2, 0) is 4.74 Å². The molecule has 0 spiro atoms. The highest BCUT2D eigenvalue weighted by Crippen LogP contribution is 2.11. The monoisotopic (exact) mass is 165 g/mol. The van der Waals surface area contributed by atoms with E-state index in [2.05, 4.69) is 0 Å². The van der Waals surface area contributed by atoms with Crippen LogP contribution in [0.3, 0.4) is 0 Å². The van der Waals surface area contributed by atoms with E-state index in [1.165, 1.54) is 0 Å². The molecule has 0 amide bonds. The third kappa shape index (κ3) is 2.64. The van der Waals surface area contributed by atoms with Crippen LogP contribution in [-0.4, -0.2) is 11.7 Å². The second kappa shape index (κ2) is 4.91. The van der Waals surface area contributed by atoms with E-state index >= 15 is 0 Å². The molecule has 0 aliphatic rings. The van der Waals surface area contributed by atoms with Crippen molar-refractivity contribution in [3.8, 4) is 0 Å². The van der Waals surface area contributed by atoms with E-state index in [9.17, 15) is 5.11 Å². The lowest BCUT2D eigenvalue weighted by Crippen LogP contribution is -2.04. The molecule has 0 saturated heterocycles. The van der Waals surface area contributed by atoms with Gasteiger partial charge < -0.3 is 9.84 Å². The van der Waals surface area contributed by atoms with Gasteiger partial charge in [0.15, 0.2) is 0 Å². The topological polar surface area (TPSA) is 29.5 Å². The SMILES string of the molecule is CCCO[C](O)c1ccccc1. The van der Waals surface area contributed by atoms with Gasteiger partial charge in [-0.3, -0.25) is 0 Å². The summed E-state index contributed by atoms with van der Waals surface area (Å²) >= 11 is 0. The lowest BCUT2D eigenvalue weighted by atomic mass is 10.2. The maximum atomic E-state index is 9.35. The summed E-state index contributed by atoms with van der Waals surface area (Å²) in [5.41, 5.74) is 0.728. The van der Waals surface area contributed by atoms with Crippen LogP contribution in [0.4, 0.5) is 0 Å². The molecule has 0 heterocycles. The lowest BCUT2D eigenvalue weighted by molar-refractivity contribution is 0.0280. The van der Waals surface area contributed by atoms with E-state index in [1.807, 2.05) is 37.3 Å². The number of aliphatic hydroxyl groups is 1. The van der Waals surface area contributed by atoms with Crippen LogP contribution in [0.15, 0.2) is 30.3 Å². The first-order chi connectivity index (χ1) is 5.84. The van der Waals surface area contributed by atoms with Gasteiger partial charge in [0.05, 0.1) is 6.61 Å². The maximum absolute atomic E-state index is 9.35. The second-order valence-electron chi connectivity index (χ2n) is 2.52. The molecule has 1 N–H and O–H groups in total. The summed E-state index contributed by atoms with van der Waals surface area (Å²) in [6, 6.07) is 9.24. The molecule has 65 valence electrons. The van der Waals surface area contributed by atoms with Crippen LogP contribution >= 0.6 is 0 Å². The number of benzene rings is 1. The minimum absolute atomic E-state index is 0.0115. The van der Waals surface area contributed by atoms with Crippen molar-refractivity contribution in [3.05, 3.63) is 42.2 Å². The Labute approximate surface area is 72.8 Å². The molecular weight excluding hydrogens is 152 g/mol. The van der Waals surface area contributed by atoms with E-state index in [-0.39, 0.29) is 6.29 Å². The van der Waals surface area contributed by atoms with Gasteiger partial charge >= 0.3 is 0 Å². The zero-order valence-electron chi connectivity index (χ0n) is 7.16. The van der Waals surface area contributed by atoms with E-state index < -0.39 is 0 Å². The summed E-state index contributed by atoms with van der Waals surface area (Å²) in [7, 11) is 0. The Morgan fingerprint density at radius 3 is 2.58 bits per heavy atom. The highest BCUT2D eigenvalue weighted by atomic mass is 16.6. The third-order valence-electron chi connectivity index (χ3n) is 1.46. The molecule has 0 saturated carbocycles. The van der Waals surface area contributed by atoms with Crippen molar-refractivity contribution in [1.82, 2.24) is 0 Å². The van der Waals surface area contributed by atoms with Gasteiger partial charge in [0.2, 0.25) is 0 Å². The first-order valence-corrected chi connectivity index (χ1v) is 4.08. The van der Waals surface area contributed by atoms with Crippen molar-refractivity contribution in [2.75, 3.05) is 6.61 Å². The molecule has 2 heteroatoms. The quantitative estimate of drug-likeness (QED) is 0.741. The molecule has 1 aromatic carbocycles. The molecule has 0 aromatic heterocycles. The summed E-state index contributed by atoms with van der Waals surface area (Å²) in [4.78, 5) is 0. The maximum Gasteiger partial charge on any atom is 0.253 e. The second-order valence-corrected chi connectivity index (χ2v) is 2.52. The predicted molar refractivity (Wildman–Crippen MR) is 47.0 cm³/mol. The Morgan fingerprint density at radius 2 is 2.00 bits per heavy atom. The Kier molecular flexibility index (Phi) is 3.77. The molecule has 0 unspecified atom stereocenters. The van der Waals surface area contributed by atoms with Gasteiger partial charge in [-0.05, 0) is 6.42 Å². The molecule has 12 heavy (non-hydrogen) atoms. The molecule has 0 aliphatic heterocycles. The highest BCUT2D eigenvalue weighted by molar-refractivity contribution is 5.22. The number of ether oxygens (including phenoxy) is 1. The normalized spacial score (nSPS) is 10.6. The average molecular weight is 165 g/mol. The predicted octanol–water partition coefficient (Wildman–Crippen LogP) is 2.32. The molecule has 1 radical (unpaired) electrons. The van der Waals surface area contributed by atoms with Gasteiger partial charge in [-0.25, -0.2) is 0 Å². The average Bonchev–Trinajstić information content (AvgIpc) is 2.15. The van der Waals surface area contributed by atoms with Gasteiger partial charge in [0.1, 0.15) is 0 Å². The number of aliphatic hydroxyl groups excluding tert-OH is 1. The molecule has 0 aliphatic carbocycles. The van der Waals surface area contributed by atoms with Crippen LogP contribution in [0.2, 0.25) is 0 Å². The summed E-state index contributed by atoms with van der Waals surface area (Å²) in [6.45, 7) is 2.55. The van der Waals surface area contributed by atoms with Crippen LogP contribution in [0.5, 0.6) is 0 Å². The minimum Gasteiger partial charge on any atom is -0.357 e. The first-order valence-electron chi connectivity index (χ1n) is 4.08. The van der Waals surface area contributed by atoms with Crippen LogP contribution in [0.1, 0.15) is 18.9 Å². The molecule has 0 bridgehead atoms. The molecule has 0 atom stereocenters. The zero-order valence-corrected chi connectivity index (χ0v) is 7.16. The van der Waals surface area contributed by atoms with Crippen LogP contribution in [0.25, 0.3) is 0 Å². The van der Waals surface area contributed by atoms with Crippen molar-refractivity contribution >= 4 is 0 Å². The number of hydrogen-bond donors (Lipinski definition) is 1. The van der Waals surface area contributed by atoms with Gasteiger partial charge in [-0.15, -0.1) is 0 Å². The molecular formula is C10H13O2. The Hall–Kier alpha value is -0.860. The summed E-state index contributed by atoms with van der Waals surface area (Å²) < 4.78 is 5.05. The van der Waals surface area contributed by atoms with Crippen molar-refractivity contribution in [3.63, 3.8) is 0 Å². The molecule has 2 nitrogen and oxygen atoms in total. The van der Waals surface area contributed by atoms with Crippen molar-refractivity contribution < 1.29 is 9.84 Å². The Bertz CT molecular complexity index is 208. The van der Waals surface area contributed by atoms with E-state index in [1.54, 1.807) is 0 Å². The standard InChI is InChI=1S/C10H13O2/c1-2-8-12-10(11)9-6-4-3-5-7-9/h3-7,11H,2,8H2,1H3. The first kappa shape index (κ1) is 9.23. The summed E-state index contributed by atoms with van der Waals surface area (Å²) in [5, 5.41) is 9.35. The lowest BCUT2D eigenvalue weighted by Gasteiger charge is -2.08. The van der Waals surface area contributed by atoms with E-state index in [0.29, 0.717) is 6.61 Å². The van der Waals surface area contributed by atoms with E-state index in [4.69, 9.17) is 4.74 Å².